The predicted octanol–water partition coefficient (Wildman–Crippen LogP) is 2.91. The van der Waals surface area contributed by atoms with Crippen molar-refractivity contribution < 1.29 is 20.1 Å². The lowest BCUT2D eigenvalue weighted by atomic mass is 10.0. The van der Waals surface area contributed by atoms with Gasteiger partial charge in [-0.2, -0.15) is 10.5 Å². The molecule has 0 aliphatic rings. The highest BCUT2D eigenvalue weighted by Gasteiger charge is 2.14. The molecule has 0 bridgehead atoms. The molecule has 2 aromatic rings. The number of aliphatic hydroxyl groups is 3. The van der Waals surface area contributed by atoms with Crippen molar-refractivity contribution in [2.24, 2.45) is 10.2 Å². The second kappa shape index (κ2) is 13.7. The third-order valence-corrected chi connectivity index (χ3v) is 4.90. The molecular formula is C24H28N6O4. The minimum Gasteiger partial charge on any atom is -0.396 e. The number of rotatable bonds is 12. The summed E-state index contributed by atoms with van der Waals surface area (Å²) < 4.78 is 0. The smallest absolute Gasteiger partial charge is 0.221 e. The molecule has 0 aliphatic carbocycles. The maximum atomic E-state index is 11.8. The zero-order chi connectivity index (χ0) is 24.9. The SMILES string of the molecule is CC(=O)Nc1cc(N(CCCO)CCCO)ccc1N=Nc1c(C#N)cc(CCO)cc1C#N. The zero-order valence-corrected chi connectivity index (χ0v) is 19.0. The van der Waals surface area contributed by atoms with E-state index in [0.29, 0.717) is 49.3 Å². The van der Waals surface area contributed by atoms with E-state index < -0.39 is 0 Å². The number of anilines is 2. The number of nitrogens with zero attached hydrogens (tertiary/aromatic N) is 5. The van der Waals surface area contributed by atoms with E-state index in [4.69, 9.17) is 5.11 Å². The Balaban J connectivity index is 2.48. The highest BCUT2D eigenvalue weighted by Crippen LogP contribution is 2.34. The van der Waals surface area contributed by atoms with Crippen molar-refractivity contribution in [3.05, 3.63) is 47.0 Å². The van der Waals surface area contributed by atoms with Crippen LogP contribution in [0.3, 0.4) is 0 Å². The van der Waals surface area contributed by atoms with Gasteiger partial charge < -0.3 is 25.5 Å². The number of hydrogen-bond donors (Lipinski definition) is 4. The summed E-state index contributed by atoms with van der Waals surface area (Å²) in [4.78, 5) is 13.8. The van der Waals surface area contributed by atoms with E-state index in [1.54, 1.807) is 30.3 Å². The van der Waals surface area contributed by atoms with Crippen LogP contribution in [0, 0.1) is 22.7 Å². The van der Waals surface area contributed by atoms with Crippen LogP contribution in [-0.4, -0.2) is 54.1 Å². The zero-order valence-electron chi connectivity index (χ0n) is 19.0. The number of carbonyl (C=O) groups excluding carboxylic acids is 1. The van der Waals surface area contributed by atoms with Gasteiger partial charge in [0.1, 0.15) is 23.5 Å². The van der Waals surface area contributed by atoms with Gasteiger partial charge in [-0.25, -0.2) is 0 Å². The Kier molecular flexibility index (Phi) is 10.6. The lowest BCUT2D eigenvalue weighted by Crippen LogP contribution is -2.27. The summed E-state index contributed by atoms with van der Waals surface area (Å²) in [5, 5.41) is 57.7. The van der Waals surface area contributed by atoms with Crippen LogP contribution in [-0.2, 0) is 11.2 Å². The third kappa shape index (κ3) is 7.36. The summed E-state index contributed by atoms with van der Waals surface area (Å²) >= 11 is 0. The van der Waals surface area contributed by atoms with Gasteiger partial charge in [-0.1, -0.05) is 0 Å². The van der Waals surface area contributed by atoms with Gasteiger partial charge in [-0.15, -0.1) is 10.2 Å². The number of nitriles is 2. The summed E-state index contributed by atoms with van der Waals surface area (Å²) in [6, 6.07) is 12.3. The first-order chi connectivity index (χ1) is 16.5. The molecule has 0 saturated carbocycles. The van der Waals surface area contributed by atoms with Crippen molar-refractivity contribution in [3.63, 3.8) is 0 Å². The summed E-state index contributed by atoms with van der Waals surface area (Å²) in [6.07, 6.45) is 1.39. The van der Waals surface area contributed by atoms with Crippen LogP contribution in [0.2, 0.25) is 0 Å². The van der Waals surface area contributed by atoms with Crippen LogP contribution in [0.15, 0.2) is 40.6 Å². The first kappa shape index (κ1) is 26.4. The molecular weight excluding hydrogens is 436 g/mol. The molecule has 0 heterocycles. The summed E-state index contributed by atoms with van der Waals surface area (Å²) in [5.41, 5.74) is 2.55. The van der Waals surface area contributed by atoms with Crippen LogP contribution < -0.4 is 10.2 Å². The monoisotopic (exact) mass is 464 g/mol. The largest absolute Gasteiger partial charge is 0.396 e. The highest BCUT2D eigenvalue weighted by molar-refractivity contribution is 5.93. The molecule has 178 valence electrons. The number of nitrogens with one attached hydrogen (secondary N) is 1. The molecule has 0 spiro atoms. The molecule has 0 saturated heterocycles. The summed E-state index contributed by atoms with van der Waals surface area (Å²) in [7, 11) is 0. The molecule has 0 atom stereocenters. The highest BCUT2D eigenvalue weighted by atomic mass is 16.3. The molecule has 0 unspecified atom stereocenters. The maximum absolute atomic E-state index is 11.8. The van der Waals surface area contributed by atoms with E-state index in [2.05, 4.69) is 15.5 Å². The number of benzene rings is 2. The Morgan fingerprint density at radius 2 is 1.59 bits per heavy atom. The Labute approximate surface area is 198 Å². The van der Waals surface area contributed by atoms with Crippen molar-refractivity contribution in [1.82, 2.24) is 0 Å². The second-order valence-electron chi connectivity index (χ2n) is 7.46. The van der Waals surface area contributed by atoms with Crippen molar-refractivity contribution in [2.75, 3.05) is 43.1 Å². The van der Waals surface area contributed by atoms with Gasteiger partial charge in [-0.05, 0) is 55.2 Å². The molecule has 0 radical (unpaired) electrons. The Morgan fingerprint density at radius 1 is 0.971 bits per heavy atom. The first-order valence-electron chi connectivity index (χ1n) is 10.8. The van der Waals surface area contributed by atoms with Crippen LogP contribution in [0.4, 0.5) is 22.7 Å². The van der Waals surface area contributed by atoms with Crippen molar-refractivity contribution in [1.29, 1.82) is 10.5 Å². The van der Waals surface area contributed by atoms with Gasteiger partial charge in [0, 0.05) is 45.5 Å². The van der Waals surface area contributed by atoms with Gasteiger partial charge in [0.05, 0.1) is 16.8 Å². The Hall–Kier alpha value is -3.83. The van der Waals surface area contributed by atoms with Gasteiger partial charge in [0.25, 0.3) is 0 Å². The molecule has 1 amide bonds. The van der Waals surface area contributed by atoms with Gasteiger partial charge in [-0.3, -0.25) is 4.79 Å². The van der Waals surface area contributed by atoms with Crippen LogP contribution in [0.5, 0.6) is 0 Å². The van der Waals surface area contributed by atoms with E-state index in [1.165, 1.54) is 6.92 Å². The first-order valence-corrected chi connectivity index (χ1v) is 10.8. The summed E-state index contributed by atoms with van der Waals surface area (Å²) in [5.74, 6) is -0.311. The Morgan fingerprint density at radius 3 is 2.09 bits per heavy atom. The van der Waals surface area contributed by atoms with Gasteiger partial charge in [0.2, 0.25) is 5.91 Å². The number of azo groups is 1. The third-order valence-electron chi connectivity index (χ3n) is 4.90. The van der Waals surface area contributed by atoms with E-state index >= 15 is 0 Å². The van der Waals surface area contributed by atoms with Gasteiger partial charge in [0.15, 0.2) is 0 Å². The quantitative estimate of drug-likeness (QED) is 0.350. The number of carbonyl (C=O) groups is 1. The molecule has 2 rings (SSSR count). The normalized spacial score (nSPS) is 10.6. The van der Waals surface area contributed by atoms with Crippen LogP contribution >= 0.6 is 0 Å². The average Bonchev–Trinajstić information content (AvgIpc) is 2.83. The second-order valence-corrected chi connectivity index (χ2v) is 7.46. The molecule has 0 aliphatic heterocycles. The molecule has 4 N–H and O–H groups in total. The van der Waals surface area contributed by atoms with Crippen LogP contribution in [0.1, 0.15) is 36.5 Å². The van der Waals surface area contributed by atoms with Crippen LogP contribution in [0.25, 0.3) is 0 Å². The van der Waals surface area contributed by atoms with E-state index in [9.17, 15) is 25.5 Å². The number of hydrogen-bond acceptors (Lipinski definition) is 9. The molecule has 10 heteroatoms. The molecule has 10 nitrogen and oxygen atoms in total. The standard InChI is InChI=1S/C24H28N6O4/c1-17(34)27-23-14-21(30(7-2-9-31)8-3-10-32)4-5-22(23)28-29-24-19(15-25)12-18(6-11-33)13-20(24)16-26/h4-5,12-14,31-33H,2-3,6-11H2,1H3,(H,27,34). The van der Waals surface area contributed by atoms with Crippen molar-refractivity contribution in [2.45, 2.75) is 26.2 Å². The van der Waals surface area contributed by atoms with E-state index in [0.717, 1.165) is 5.69 Å². The predicted molar refractivity (Wildman–Crippen MR) is 127 cm³/mol. The summed E-state index contributed by atoms with van der Waals surface area (Å²) in [6.45, 7) is 2.43. The van der Waals surface area contributed by atoms with E-state index in [1.807, 2.05) is 17.0 Å². The van der Waals surface area contributed by atoms with Crippen molar-refractivity contribution >= 4 is 28.7 Å². The lowest BCUT2D eigenvalue weighted by molar-refractivity contribution is -0.114. The molecule has 2 aromatic carbocycles. The average molecular weight is 465 g/mol. The topological polar surface area (TPSA) is 165 Å². The fourth-order valence-electron chi connectivity index (χ4n) is 3.34. The van der Waals surface area contributed by atoms with E-state index in [-0.39, 0.29) is 42.5 Å². The molecule has 34 heavy (non-hydrogen) atoms. The Bertz CT molecular complexity index is 1060. The number of aliphatic hydroxyl groups excluding tert-OH is 3. The fraction of sp³-hybridized carbons (Fsp3) is 0.375. The maximum Gasteiger partial charge on any atom is 0.221 e. The molecule has 0 fully saturated rings. The number of amides is 1. The van der Waals surface area contributed by atoms with Crippen molar-refractivity contribution in [3.8, 4) is 12.1 Å². The minimum absolute atomic E-state index is 0.0278. The lowest BCUT2D eigenvalue weighted by Gasteiger charge is -2.25. The fourth-order valence-corrected chi connectivity index (χ4v) is 3.34. The minimum atomic E-state index is -0.311. The van der Waals surface area contributed by atoms with Gasteiger partial charge >= 0.3 is 0 Å². The molecule has 0 aromatic heterocycles.